The lowest BCUT2D eigenvalue weighted by molar-refractivity contribution is -0.128. The first-order valence-corrected chi connectivity index (χ1v) is 10.2. The van der Waals surface area contributed by atoms with Crippen LogP contribution in [0.1, 0.15) is 29.3 Å². The highest BCUT2D eigenvalue weighted by Crippen LogP contribution is 2.20. The van der Waals surface area contributed by atoms with E-state index in [1.54, 1.807) is 54.6 Å². The molecule has 1 N–H and O–H groups in total. The van der Waals surface area contributed by atoms with Gasteiger partial charge in [0.15, 0.2) is 0 Å². The smallest absolute Gasteiger partial charge is 0.336 e. The Morgan fingerprint density at radius 1 is 0.968 bits per heavy atom. The van der Waals surface area contributed by atoms with Gasteiger partial charge in [0.1, 0.15) is 11.5 Å². The molecule has 0 aliphatic heterocycles. The molecule has 0 spiro atoms. The molecule has 0 aromatic heterocycles. The number of carbonyl (C=O) groups is 2. The summed E-state index contributed by atoms with van der Waals surface area (Å²) in [6.45, 7) is 2.63. The van der Waals surface area contributed by atoms with Crippen LogP contribution in [-0.2, 0) is 4.79 Å². The molecule has 6 heteroatoms. The summed E-state index contributed by atoms with van der Waals surface area (Å²) in [7, 11) is 0. The largest absolute Gasteiger partial charge is 0.493 e. The number of hydrogen-bond acceptors (Lipinski definition) is 4. The molecule has 0 unspecified atom stereocenters. The SMILES string of the molecule is CCCOc1ccccc1/C=C/C(=O)Oc1ccc(C(=O)Nc2ccc(Cl)cc2)cc1. The van der Waals surface area contributed by atoms with Crippen molar-refractivity contribution in [2.75, 3.05) is 11.9 Å². The number of amides is 1. The molecule has 0 saturated heterocycles. The number of rotatable bonds is 8. The molecule has 1 amide bonds. The van der Waals surface area contributed by atoms with Crippen LogP contribution in [0.3, 0.4) is 0 Å². The summed E-state index contributed by atoms with van der Waals surface area (Å²) in [5.74, 6) is 0.255. The number of benzene rings is 3. The van der Waals surface area contributed by atoms with E-state index in [2.05, 4.69) is 5.32 Å². The summed E-state index contributed by atoms with van der Waals surface area (Å²) in [4.78, 5) is 24.5. The van der Waals surface area contributed by atoms with Crippen LogP contribution in [0, 0.1) is 0 Å². The molecule has 3 aromatic carbocycles. The zero-order chi connectivity index (χ0) is 22.1. The lowest BCUT2D eigenvalue weighted by Gasteiger charge is -2.08. The monoisotopic (exact) mass is 435 g/mol. The summed E-state index contributed by atoms with van der Waals surface area (Å²) in [5, 5.41) is 3.37. The van der Waals surface area contributed by atoms with Gasteiger partial charge in [-0.2, -0.15) is 0 Å². The van der Waals surface area contributed by atoms with E-state index in [1.165, 1.54) is 6.08 Å². The Bertz CT molecular complexity index is 1060. The van der Waals surface area contributed by atoms with Crippen molar-refractivity contribution in [3.8, 4) is 11.5 Å². The van der Waals surface area contributed by atoms with Crippen molar-refractivity contribution in [3.63, 3.8) is 0 Å². The predicted molar refractivity (Wildman–Crippen MR) is 123 cm³/mol. The maximum atomic E-state index is 12.3. The molecule has 3 aromatic rings. The van der Waals surface area contributed by atoms with Gasteiger partial charge in [0.25, 0.3) is 5.91 Å². The molecule has 0 heterocycles. The van der Waals surface area contributed by atoms with Gasteiger partial charge in [-0.05, 0) is 67.1 Å². The fraction of sp³-hybridized carbons (Fsp3) is 0.120. The van der Waals surface area contributed by atoms with E-state index in [4.69, 9.17) is 21.1 Å². The first kappa shape index (κ1) is 22.1. The maximum Gasteiger partial charge on any atom is 0.336 e. The Morgan fingerprint density at radius 3 is 2.39 bits per heavy atom. The molecule has 158 valence electrons. The Hall–Kier alpha value is -3.57. The lowest BCUT2D eigenvalue weighted by atomic mass is 10.2. The van der Waals surface area contributed by atoms with Crippen LogP contribution in [0.5, 0.6) is 11.5 Å². The van der Waals surface area contributed by atoms with E-state index in [0.717, 1.165) is 12.0 Å². The lowest BCUT2D eigenvalue weighted by Crippen LogP contribution is -2.11. The number of nitrogens with one attached hydrogen (secondary N) is 1. The molecule has 0 atom stereocenters. The number of para-hydroxylation sites is 1. The fourth-order valence-electron chi connectivity index (χ4n) is 2.68. The third-order valence-corrected chi connectivity index (χ3v) is 4.47. The van der Waals surface area contributed by atoms with Gasteiger partial charge in [-0.1, -0.05) is 36.7 Å². The average molecular weight is 436 g/mol. The molecule has 0 fully saturated rings. The van der Waals surface area contributed by atoms with Crippen molar-refractivity contribution in [2.24, 2.45) is 0 Å². The van der Waals surface area contributed by atoms with Crippen LogP contribution in [0.15, 0.2) is 78.9 Å². The highest BCUT2D eigenvalue weighted by molar-refractivity contribution is 6.30. The minimum atomic E-state index is -0.524. The molecular weight excluding hydrogens is 414 g/mol. The van der Waals surface area contributed by atoms with Crippen molar-refractivity contribution in [3.05, 3.63) is 95.0 Å². The zero-order valence-corrected chi connectivity index (χ0v) is 17.8. The summed E-state index contributed by atoms with van der Waals surface area (Å²) < 4.78 is 11.0. The Morgan fingerprint density at radius 2 is 1.68 bits per heavy atom. The Kier molecular flexibility index (Phi) is 7.85. The van der Waals surface area contributed by atoms with Crippen LogP contribution in [-0.4, -0.2) is 18.5 Å². The van der Waals surface area contributed by atoms with E-state index in [9.17, 15) is 9.59 Å². The third-order valence-electron chi connectivity index (χ3n) is 4.22. The normalized spacial score (nSPS) is 10.6. The highest BCUT2D eigenvalue weighted by atomic mass is 35.5. The van der Waals surface area contributed by atoms with Crippen LogP contribution in [0.2, 0.25) is 5.02 Å². The number of anilines is 1. The van der Waals surface area contributed by atoms with Crippen molar-refractivity contribution >= 4 is 35.2 Å². The van der Waals surface area contributed by atoms with Gasteiger partial charge in [0, 0.05) is 27.9 Å². The molecule has 0 bridgehead atoms. The number of hydrogen-bond donors (Lipinski definition) is 1. The number of esters is 1. The van der Waals surface area contributed by atoms with Crippen LogP contribution < -0.4 is 14.8 Å². The molecular formula is C25H22ClNO4. The van der Waals surface area contributed by atoms with E-state index in [-0.39, 0.29) is 5.91 Å². The molecule has 3 rings (SSSR count). The number of halogens is 1. The molecule has 31 heavy (non-hydrogen) atoms. The fourth-order valence-corrected chi connectivity index (χ4v) is 2.81. The van der Waals surface area contributed by atoms with Crippen molar-refractivity contribution in [1.29, 1.82) is 0 Å². The summed E-state index contributed by atoms with van der Waals surface area (Å²) in [5.41, 5.74) is 1.87. The molecule has 0 radical (unpaired) electrons. The summed E-state index contributed by atoms with van der Waals surface area (Å²) in [6.07, 6.45) is 3.89. The quantitative estimate of drug-likeness (QED) is 0.268. The van der Waals surface area contributed by atoms with Crippen molar-refractivity contribution < 1.29 is 19.1 Å². The first-order valence-electron chi connectivity index (χ1n) is 9.84. The van der Waals surface area contributed by atoms with Gasteiger partial charge >= 0.3 is 5.97 Å². The van der Waals surface area contributed by atoms with E-state index in [1.807, 2.05) is 31.2 Å². The van der Waals surface area contributed by atoms with Gasteiger partial charge < -0.3 is 14.8 Å². The second-order valence-corrected chi connectivity index (χ2v) is 7.06. The van der Waals surface area contributed by atoms with Gasteiger partial charge in [-0.15, -0.1) is 0 Å². The second-order valence-electron chi connectivity index (χ2n) is 6.63. The Labute approximate surface area is 186 Å². The third kappa shape index (κ3) is 6.73. The standard InChI is InChI=1S/C25H22ClNO4/c1-2-17-30-23-6-4-3-5-18(23)9-16-24(28)31-22-14-7-19(8-15-22)25(29)27-21-12-10-20(26)11-13-21/h3-16H,2,17H2,1H3,(H,27,29)/b16-9+. The van der Waals surface area contributed by atoms with Gasteiger partial charge in [-0.3, -0.25) is 4.79 Å². The Balaban J connectivity index is 1.58. The summed E-state index contributed by atoms with van der Waals surface area (Å²) >= 11 is 5.84. The predicted octanol–water partition coefficient (Wildman–Crippen LogP) is 6.00. The molecule has 5 nitrogen and oxygen atoms in total. The van der Waals surface area contributed by atoms with Crippen LogP contribution in [0.25, 0.3) is 6.08 Å². The van der Waals surface area contributed by atoms with Gasteiger partial charge in [0.2, 0.25) is 0 Å². The first-order chi connectivity index (χ1) is 15.0. The van der Waals surface area contributed by atoms with Crippen LogP contribution in [0.4, 0.5) is 5.69 Å². The van der Waals surface area contributed by atoms with Gasteiger partial charge in [0.05, 0.1) is 6.61 Å². The zero-order valence-electron chi connectivity index (χ0n) is 17.0. The summed E-state index contributed by atoms with van der Waals surface area (Å²) in [6, 6.07) is 20.6. The minimum absolute atomic E-state index is 0.274. The van der Waals surface area contributed by atoms with E-state index < -0.39 is 5.97 Å². The number of carbonyl (C=O) groups excluding carboxylic acids is 2. The molecule has 0 aliphatic carbocycles. The van der Waals surface area contributed by atoms with E-state index in [0.29, 0.717) is 34.4 Å². The molecule has 0 saturated carbocycles. The average Bonchev–Trinajstić information content (AvgIpc) is 2.79. The van der Waals surface area contributed by atoms with E-state index >= 15 is 0 Å². The van der Waals surface area contributed by atoms with Crippen molar-refractivity contribution in [2.45, 2.75) is 13.3 Å². The molecule has 0 aliphatic rings. The van der Waals surface area contributed by atoms with Crippen molar-refractivity contribution in [1.82, 2.24) is 0 Å². The topological polar surface area (TPSA) is 64.6 Å². The highest BCUT2D eigenvalue weighted by Gasteiger charge is 2.08. The minimum Gasteiger partial charge on any atom is -0.493 e. The maximum absolute atomic E-state index is 12.3. The second kappa shape index (κ2) is 11.0. The number of ether oxygens (including phenoxy) is 2. The van der Waals surface area contributed by atoms with Gasteiger partial charge in [-0.25, -0.2) is 4.79 Å². The van der Waals surface area contributed by atoms with Crippen LogP contribution >= 0.6 is 11.6 Å².